The summed E-state index contributed by atoms with van der Waals surface area (Å²) in [5.74, 6) is -0.0569. The lowest BCUT2D eigenvalue weighted by Crippen LogP contribution is -2.48. The number of carbonyl (C=O) groups is 1. The third-order valence-electron chi connectivity index (χ3n) is 5.75. The highest BCUT2D eigenvalue weighted by Crippen LogP contribution is 2.27. The van der Waals surface area contributed by atoms with Gasteiger partial charge in [-0.25, -0.2) is 4.79 Å². The predicted octanol–water partition coefficient (Wildman–Crippen LogP) is 1.57. The minimum Gasteiger partial charge on any atom is -0.350 e. The Kier molecular flexibility index (Phi) is 4.37. The number of piperidine rings is 1. The Morgan fingerprint density at radius 2 is 1.88 bits per heavy atom. The van der Waals surface area contributed by atoms with Gasteiger partial charge in [-0.2, -0.15) is 0 Å². The number of nitrogens with zero attached hydrogens (tertiary/aromatic N) is 3. The Hall–Kier alpha value is -2.08. The van der Waals surface area contributed by atoms with E-state index in [1.807, 2.05) is 31.2 Å². The topological polar surface area (TPSA) is 59.3 Å². The normalized spacial score (nSPS) is 23.7. The van der Waals surface area contributed by atoms with Crippen molar-refractivity contribution in [3.8, 4) is 0 Å². The zero-order valence-electron chi connectivity index (χ0n) is 14.8. The van der Waals surface area contributed by atoms with E-state index in [0.717, 1.165) is 30.5 Å². The fraction of sp³-hybridized carbons (Fsp3) is 0.579. The number of rotatable bonds is 4. The fourth-order valence-electron chi connectivity index (χ4n) is 4.54. The van der Waals surface area contributed by atoms with Crippen LogP contribution >= 0.6 is 0 Å². The zero-order valence-corrected chi connectivity index (χ0v) is 14.8. The number of fused-ring (bicyclic) bond motifs is 2. The van der Waals surface area contributed by atoms with Gasteiger partial charge in [-0.1, -0.05) is 18.6 Å². The van der Waals surface area contributed by atoms with Crippen LogP contribution in [0.4, 0.5) is 0 Å². The molecule has 2 saturated heterocycles. The molecular formula is C19H26N4O2. The molecular weight excluding hydrogens is 316 g/mol. The smallest absolute Gasteiger partial charge is 0.329 e. The molecule has 0 spiro atoms. The standard InChI is InChI=1S/C19H26N4O2/c1-2-22-16-8-3-4-9-17(16)23(19(22)25)13-18(24)20-14-10-12-21-11-6-5-7-15(14)21/h3-4,8-9,14-15H,2,5-7,10-13H2,1H3,(H,20,24). The minimum absolute atomic E-state index is 0.0569. The molecule has 1 aromatic heterocycles. The van der Waals surface area contributed by atoms with Crippen LogP contribution in [-0.4, -0.2) is 45.1 Å². The lowest BCUT2D eigenvalue weighted by Gasteiger charge is -2.32. The molecule has 2 atom stereocenters. The Bertz CT molecular complexity index is 838. The van der Waals surface area contributed by atoms with Gasteiger partial charge in [0.1, 0.15) is 6.54 Å². The number of hydrogen-bond donors (Lipinski definition) is 1. The predicted molar refractivity (Wildman–Crippen MR) is 97.6 cm³/mol. The lowest BCUT2D eigenvalue weighted by molar-refractivity contribution is -0.122. The Morgan fingerprint density at radius 1 is 1.12 bits per heavy atom. The molecule has 6 nitrogen and oxygen atoms in total. The average molecular weight is 342 g/mol. The molecule has 6 heteroatoms. The second-order valence-corrected chi connectivity index (χ2v) is 7.16. The maximum atomic E-state index is 12.7. The van der Waals surface area contributed by atoms with E-state index in [2.05, 4.69) is 10.2 Å². The molecule has 1 N–H and O–H groups in total. The van der Waals surface area contributed by atoms with Gasteiger partial charge >= 0.3 is 5.69 Å². The summed E-state index contributed by atoms with van der Waals surface area (Å²) in [4.78, 5) is 27.8. The van der Waals surface area contributed by atoms with Gasteiger partial charge in [-0.05, 0) is 44.9 Å². The molecule has 134 valence electrons. The monoisotopic (exact) mass is 342 g/mol. The van der Waals surface area contributed by atoms with Crippen molar-refractivity contribution in [2.75, 3.05) is 13.1 Å². The number of benzene rings is 1. The lowest BCUT2D eigenvalue weighted by atomic mass is 9.99. The highest BCUT2D eigenvalue weighted by atomic mass is 16.2. The summed E-state index contributed by atoms with van der Waals surface area (Å²) in [5.41, 5.74) is 1.61. The van der Waals surface area contributed by atoms with Gasteiger partial charge < -0.3 is 5.32 Å². The number of imidazole rings is 1. The van der Waals surface area contributed by atoms with Gasteiger partial charge in [-0.15, -0.1) is 0 Å². The second kappa shape index (κ2) is 6.67. The number of hydrogen-bond acceptors (Lipinski definition) is 3. The number of aromatic nitrogens is 2. The van der Waals surface area contributed by atoms with Crippen LogP contribution in [0.25, 0.3) is 11.0 Å². The van der Waals surface area contributed by atoms with Crippen molar-refractivity contribution < 1.29 is 4.79 Å². The van der Waals surface area contributed by atoms with Crippen molar-refractivity contribution in [2.24, 2.45) is 0 Å². The maximum Gasteiger partial charge on any atom is 0.329 e. The number of amides is 1. The molecule has 0 bridgehead atoms. The first kappa shape index (κ1) is 16.4. The summed E-state index contributed by atoms with van der Waals surface area (Å²) in [7, 11) is 0. The van der Waals surface area contributed by atoms with E-state index in [4.69, 9.17) is 0 Å². The summed E-state index contributed by atoms with van der Waals surface area (Å²) < 4.78 is 3.32. The molecule has 1 aromatic carbocycles. The van der Waals surface area contributed by atoms with E-state index in [0.29, 0.717) is 12.6 Å². The van der Waals surface area contributed by atoms with Crippen molar-refractivity contribution in [1.29, 1.82) is 0 Å². The summed E-state index contributed by atoms with van der Waals surface area (Å²) in [6.07, 6.45) is 4.70. The van der Waals surface area contributed by atoms with Crippen LogP contribution in [-0.2, 0) is 17.9 Å². The summed E-state index contributed by atoms with van der Waals surface area (Å²) >= 11 is 0. The van der Waals surface area contributed by atoms with E-state index in [9.17, 15) is 9.59 Å². The number of aryl methyl sites for hydroxylation is 1. The van der Waals surface area contributed by atoms with E-state index < -0.39 is 0 Å². The summed E-state index contributed by atoms with van der Waals surface area (Å²) in [6, 6.07) is 8.39. The van der Waals surface area contributed by atoms with Gasteiger partial charge in [0.05, 0.1) is 11.0 Å². The molecule has 1 amide bonds. The first-order valence-electron chi connectivity index (χ1n) is 9.40. The molecule has 2 aliphatic heterocycles. The van der Waals surface area contributed by atoms with Crippen molar-refractivity contribution >= 4 is 16.9 Å². The SMILES string of the molecule is CCn1c(=O)n(CC(=O)NC2CCN3CCCCC23)c2ccccc21. The van der Waals surface area contributed by atoms with E-state index in [-0.39, 0.29) is 24.2 Å². The molecule has 0 aliphatic carbocycles. The van der Waals surface area contributed by atoms with Gasteiger partial charge in [0.2, 0.25) is 5.91 Å². The van der Waals surface area contributed by atoms with Crippen LogP contribution in [0, 0.1) is 0 Å². The Labute approximate surface area is 147 Å². The number of carbonyl (C=O) groups excluding carboxylic acids is 1. The average Bonchev–Trinajstić information content (AvgIpc) is 3.15. The van der Waals surface area contributed by atoms with Crippen molar-refractivity contribution in [1.82, 2.24) is 19.4 Å². The molecule has 2 aromatic rings. The largest absolute Gasteiger partial charge is 0.350 e. The first-order chi connectivity index (χ1) is 12.2. The van der Waals surface area contributed by atoms with E-state index in [1.165, 1.54) is 19.3 Å². The van der Waals surface area contributed by atoms with Crippen molar-refractivity contribution in [2.45, 2.75) is 57.8 Å². The van der Waals surface area contributed by atoms with Crippen LogP contribution in [0.5, 0.6) is 0 Å². The molecule has 0 saturated carbocycles. The van der Waals surface area contributed by atoms with Crippen LogP contribution in [0.3, 0.4) is 0 Å². The third kappa shape index (κ3) is 2.88. The van der Waals surface area contributed by atoms with Crippen LogP contribution in [0.15, 0.2) is 29.1 Å². The van der Waals surface area contributed by atoms with Crippen LogP contribution in [0.1, 0.15) is 32.6 Å². The third-order valence-corrected chi connectivity index (χ3v) is 5.75. The van der Waals surface area contributed by atoms with Gasteiger partial charge in [0.15, 0.2) is 0 Å². The van der Waals surface area contributed by atoms with Gasteiger partial charge in [0.25, 0.3) is 0 Å². The Balaban J connectivity index is 1.53. The second-order valence-electron chi connectivity index (χ2n) is 7.16. The summed E-state index contributed by atoms with van der Waals surface area (Å²) in [5, 5.41) is 3.20. The molecule has 2 unspecified atom stereocenters. The minimum atomic E-state index is -0.107. The number of para-hydroxylation sites is 2. The highest BCUT2D eigenvalue weighted by molar-refractivity contribution is 5.81. The molecule has 2 aliphatic rings. The van der Waals surface area contributed by atoms with Crippen molar-refractivity contribution in [3.05, 3.63) is 34.7 Å². The Morgan fingerprint density at radius 3 is 2.64 bits per heavy atom. The zero-order chi connectivity index (χ0) is 17.4. The van der Waals surface area contributed by atoms with Crippen LogP contribution < -0.4 is 11.0 Å². The number of nitrogens with one attached hydrogen (secondary N) is 1. The summed E-state index contributed by atoms with van der Waals surface area (Å²) in [6.45, 7) is 4.88. The fourth-order valence-corrected chi connectivity index (χ4v) is 4.54. The van der Waals surface area contributed by atoms with Gasteiger partial charge in [-0.3, -0.25) is 18.8 Å². The molecule has 2 fully saturated rings. The molecule has 0 radical (unpaired) electrons. The first-order valence-corrected chi connectivity index (χ1v) is 9.40. The van der Waals surface area contributed by atoms with E-state index in [1.54, 1.807) is 9.13 Å². The maximum absolute atomic E-state index is 12.7. The molecule has 4 rings (SSSR count). The molecule has 3 heterocycles. The van der Waals surface area contributed by atoms with Gasteiger partial charge in [0, 0.05) is 25.2 Å². The highest BCUT2D eigenvalue weighted by Gasteiger charge is 2.36. The van der Waals surface area contributed by atoms with Crippen LogP contribution in [0.2, 0.25) is 0 Å². The van der Waals surface area contributed by atoms with Crippen molar-refractivity contribution in [3.63, 3.8) is 0 Å². The quantitative estimate of drug-likeness (QED) is 0.917. The van der Waals surface area contributed by atoms with E-state index >= 15 is 0 Å². The molecule has 25 heavy (non-hydrogen) atoms.